The van der Waals surface area contributed by atoms with Gasteiger partial charge < -0.3 is 4.74 Å². The quantitative estimate of drug-likeness (QED) is 0.284. The summed E-state index contributed by atoms with van der Waals surface area (Å²) in [5, 5.41) is 1.41. The molecule has 2 unspecified atom stereocenters. The molecule has 2 atom stereocenters. The average molecular weight is 456 g/mol. The molecule has 0 saturated heterocycles. The van der Waals surface area contributed by atoms with Crippen molar-refractivity contribution in [2.75, 3.05) is 0 Å². The molecule has 152 valence electrons. The molecule has 1 nitrogen and oxygen atoms in total. The molecule has 0 aliphatic carbocycles. The van der Waals surface area contributed by atoms with Gasteiger partial charge in [-0.2, -0.15) is 0 Å². The lowest BCUT2D eigenvalue weighted by molar-refractivity contribution is 0.0308. The molecule has 4 heteroatoms. The summed E-state index contributed by atoms with van der Waals surface area (Å²) in [5.74, 6) is 0. The van der Waals surface area contributed by atoms with E-state index in [1.165, 1.54) is 0 Å². The van der Waals surface area contributed by atoms with Crippen LogP contribution >= 0.6 is 35.6 Å². The van der Waals surface area contributed by atoms with Crippen molar-refractivity contribution in [3.63, 3.8) is 0 Å². The molecule has 0 fully saturated rings. The molecule has 4 rings (SSSR count). The van der Waals surface area contributed by atoms with E-state index in [0.717, 1.165) is 22.3 Å². The Hall–Kier alpha value is -2.29. The number of hydrogen-bond acceptors (Lipinski definition) is 1. The molecule has 0 radical (unpaired) electrons. The van der Waals surface area contributed by atoms with Crippen molar-refractivity contribution in [2.24, 2.45) is 0 Å². The number of rotatable bonds is 6. The normalized spacial score (nSPS) is 12.6. The lowest BCUT2D eigenvalue weighted by Crippen LogP contribution is -2.13. The van der Waals surface area contributed by atoms with Gasteiger partial charge in [0.1, 0.15) is 12.2 Å². The van der Waals surface area contributed by atoms with Crippen LogP contribution in [0.1, 0.15) is 34.5 Å². The minimum Gasteiger partial charge on any atom is -0.356 e. The highest BCUT2D eigenvalue weighted by Gasteiger charge is 2.23. The number of halogens is 3. The Morgan fingerprint density at radius 3 is 1.07 bits per heavy atom. The van der Waals surface area contributed by atoms with Crippen LogP contribution in [0.5, 0.6) is 0 Å². The van der Waals surface area contributed by atoms with E-state index in [-0.39, 0.29) is 24.6 Å². The van der Waals surface area contributed by atoms with Gasteiger partial charge in [-0.3, -0.25) is 0 Å². The van der Waals surface area contributed by atoms with Crippen LogP contribution in [0.4, 0.5) is 0 Å². The second kappa shape index (κ2) is 10.7. The second-order valence-electron chi connectivity index (χ2n) is 6.82. The van der Waals surface area contributed by atoms with E-state index in [2.05, 4.69) is 24.3 Å². The van der Waals surface area contributed by atoms with E-state index in [9.17, 15) is 0 Å². The Bertz CT molecular complexity index is 946. The Morgan fingerprint density at radius 2 is 0.733 bits per heavy atom. The first-order valence-corrected chi connectivity index (χ1v) is 10.2. The fraction of sp³-hybridized carbons (Fsp3) is 0.0769. The Kier molecular flexibility index (Phi) is 7.95. The van der Waals surface area contributed by atoms with Gasteiger partial charge in [0.05, 0.1) is 0 Å². The molecule has 0 saturated carbocycles. The standard InChI is InChI=1S/C26H20Cl2O.ClH/c27-23-15-11-21(12-16-23)25(19-7-3-1-4-8-19)29-26(20-9-5-2-6-10-20)22-13-17-24(28)18-14-22;/h1-18,25-26H;1H. The van der Waals surface area contributed by atoms with E-state index in [1.54, 1.807) is 0 Å². The summed E-state index contributed by atoms with van der Waals surface area (Å²) < 4.78 is 6.79. The first kappa shape index (κ1) is 22.4. The van der Waals surface area contributed by atoms with Gasteiger partial charge in [0.25, 0.3) is 0 Å². The summed E-state index contributed by atoms with van der Waals surface area (Å²) >= 11 is 12.2. The molecule has 0 bridgehead atoms. The fourth-order valence-electron chi connectivity index (χ4n) is 3.37. The van der Waals surface area contributed by atoms with Gasteiger partial charge in [0.15, 0.2) is 0 Å². The largest absolute Gasteiger partial charge is 0.356 e. The molecule has 30 heavy (non-hydrogen) atoms. The topological polar surface area (TPSA) is 9.23 Å². The van der Waals surface area contributed by atoms with Crippen molar-refractivity contribution in [1.29, 1.82) is 0 Å². The van der Waals surface area contributed by atoms with Crippen molar-refractivity contribution in [1.82, 2.24) is 0 Å². The number of benzene rings is 4. The maximum atomic E-state index is 6.79. The summed E-state index contributed by atoms with van der Waals surface area (Å²) in [6, 6.07) is 36.1. The Labute approximate surface area is 193 Å². The molecule has 0 amide bonds. The van der Waals surface area contributed by atoms with Gasteiger partial charge in [0, 0.05) is 10.0 Å². The zero-order valence-corrected chi connectivity index (χ0v) is 18.4. The predicted molar refractivity (Wildman–Crippen MR) is 128 cm³/mol. The van der Waals surface area contributed by atoms with Gasteiger partial charge in [0.2, 0.25) is 0 Å². The van der Waals surface area contributed by atoms with Gasteiger partial charge in [-0.1, -0.05) is 108 Å². The molecule has 0 N–H and O–H groups in total. The van der Waals surface area contributed by atoms with Crippen molar-refractivity contribution in [3.8, 4) is 0 Å². The van der Waals surface area contributed by atoms with E-state index in [0.29, 0.717) is 10.0 Å². The minimum atomic E-state index is -0.241. The van der Waals surface area contributed by atoms with E-state index < -0.39 is 0 Å². The van der Waals surface area contributed by atoms with Gasteiger partial charge in [-0.05, 0) is 46.5 Å². The Morgan fingerprint density at radius 1 is 0.433 bits per heavy atom. The van der Waals surface area contributed by atoms with Gasteiger partial charge in [-0.15, -0.1) is 12.4 Å². The maximum absolute atomic E-state index is 6.79. The monoisotopic (exact) mass is 454 g/mol. The van der Waals surface area contributed by atoms with Crippen LogP contribution in [0.15, 0.2) is 109 Å². The highest BCUT2D eigenvalue weighted by molar-refractivity contribution is 6.30. The third kappa shape index (κ3) is 5.44. The zero-order valence-electron chi connectivity index (χ0n) is 16.1. The zero-order chi connectivity index (χ0) is 20.1. The third-order valence-electron chi connectivity index (χ3n) is 4.82. The minimum absolute atomic E-state index is 0. The average Bonchev–Trinajstić information content (AvgIpc) is 2.77. The van der Waals surface area contributed by atoms with Crippen LogP contribution in [-0.2, 0) is 4.74 Å². The highest BCUT2D eigenvalue weighted by atomic mass is 35.5. The molecule has 0 aliphatic rings. The molecular formula is C26H21Cl3O. The van der Waals surface area contributed by atoms with Gasteiger partial charge >= 0.3 is 0 Å². The lowest BCUT2D eigenvalue weighted by Gasteiger charge is -2.27. The molecule has 0 spiro atoms. The molecular weight excluding hydrogens is 435 g/mol. The first-order valence-electron chi connectivity index (χ1n) is 9.47. The van der Waals surface area contributed by atoms with Crippen LogP contribution in [-0.4, -0.2) is 0 Å². The maximum Gasteiger partial charge on any atom is 0.109 e. The summed E-state index contributed by atoms with van der Waals surface area (Å²) in [4.78, 5) is 0. The lowest BCUT2D eigenvalue weighted by atomic mass is 9.98. The van der Waals surface area contributed by atoms with E-state index >= 15 is 0 Å². The number of hydrogen-bond donors (Lipinski definition) is 0. The SMILES string of the molecule is Cl.Clc1ccc(C(OC(c2ccccc2)c2ccc(Cl)cc2)c2ccccc2)cc1. The fourth-order valence-corrected chi connectivity index (χ4v) is 3.62. The third-order valence-corrected chi connectivity index (χ3v) is 5.33. The highest BCUT2D eigenvalue weighted by Crippen LogP contribution is 2.36. The summed E-state index contributed by atoms with van der Waals surface area (Å²) in [6.07, 6.45) is -0.483. The smallest absolute Gasteiger partial charge is 0.109 e. The van der Waals surface area contributed by atoms with E-state index in [4.69, 9.17) is 27.9 Å². The predicted octanol–water partition coefficient (Wildman–Crippen LogP) is 8.31. The van der Waals surface area contributed by atoms with Crippen molar-refractivity contribution >= 4 is 35.6 Å². The number of ether oxygens (including phenoxy) is 1. The molecule has 4 aromatic rings. The summed E-state index contributed by atoms with van der Waals surface area (Å²) in [6.45, 7) is 0. The van der Waals surface area contributed by atoms with Crippen LogP contribution in [0.2, 0.25) is 10.0 Å². The molecule has 0 aliphatic heterocycles. The van der Waals surface area contributed by atoms with Gasteiger partial charge in [-0.25, -0.2) is 0 Å². The molecule has 0 heterocycles. The summed E-state index contributed by atoms with van der Waals surface area (Å²) in [5.41, 5.74) is 4.28. The first-order chi connectivity index (χ1) is 14.2. The van der Waals surface area contributed by atoms with Crippen LogP contribution in [0.3, 0.4) is 0 Å². The summed E-state index contributed by atoms with van der Waals surface area (Å²) in [7, 11) is 0. The second-order valence-corrected chi connectivity index (χ2v) is 7.69. The van der Waals surface area contributed by atoms with Crippen molar-refractivity contribution < 1.29 is 4.74 Å². The molecule has 4 aromatic carbocycles. The van der Waals surface area contributed by atoms with Crippen LogP contribution < -0.4 is 0 Å². The Balaban J connectivity index is 0.00000256. The van der Waals surface area contributed by atoms with E-state index in [1.807, 2.05) is 84.9 Å². The van der Waals surface area contributed by atoms with Crippen LogP contribution in [0.25, 0.3) is 0 Å². The van der Waals surface area contributed by atoms with Crippen molar-refractivity contribution in [2.45, 2.75) is 12.2 Å². The van der Waals surface area contributed by atoms with Crippen molar-refractivity contribution in [3.05, 3.63) is 141 Å². The molecule has 0 aromatic heterocycles. The van der Waals surface area contributed by atoms with Crippen LogP contribution in [0, 0.1) is 0 Å².